The molecule has 1 aliphatic rings. The number of para-hydroxylation sites is 1. The van der Waals surface area contributed by atoms with Crippen molar-refractivity contribution in [3.8, 4) is 11.5 Å². The highest BCUT2D eigenvalue weighted by molar-refractivity contribution is 5.91. The number of amides is 3. The second-order valence-electron chi connectivity index (χ2n) is 8.54. The van der Waals surface area contributed by atoms with E-state index in [1.54, 1.807) is 25.3 Å². The number of urea groups is 1. The lowest BCUT2D eigenvalue weighted by Gasteiger charge is -2.21. The zero-order valence-electron chi connectivity index (χ0n) is 20.2. The number of nitrogens with one attached hydrogen (secondary N) is 2. The van der Waals surface area contributed by atoms with E-state index in [1.165, 1.54) is 0 Å². The van der Waals surface area contributed by atoms with Gasteiger partial charge in [-0.25, -0.2) is 4.79 Å². The molecule has 4 rings (SSSR count). The number of anilines is 1. The molecule has 8 nitrogen and oxygen atoms in total. The van der Waals surface area contributed by atoms with Crippen molar-refractivity contribution in [3.05, 3.63) is 83.7 Å². The topological polar surface area (TPSA) is 92.8 Å². The summed E-state index contributed by atoms with van der Waals surface area (Å²) in [7, 11) is 3.16. The molecule has 0 spiro atoms. The fourth-order valence-corrected chi connectivity index (χ4v) is 4.41. The van der Waals surface area contributed by atoms with Crippen LogP contribution in [0.3, 0.4) is 0 Å². The maximum Gasteiger partial charge on any atom is 0.321 e. The number of methoxy groups -OCH3 is 2. The van der Waals surface area contributed by atoms with E-state index >= 15 is 0 Å². The molecule has 182 valence electrons. The van der Waals surface area contributed by atoms with Crippen molar-refractivity contribution in [2.24, 2.45) is 5.92 Å². The van der Waals surface area contributed by atoms with Crippen LogP contribution >= 0.6 is 0 Å². The summed E-state index contributed by atoms with van der Waals surface area (Å²) >= 11 is 0. The second-order valence-corrected chi connectivity index (χ2v) is 8.54. The van der Waals surface area contributed by atoms with Gasteiger partial charge in [0.05, 0.1) is 32.4 Å². The van der Waals surface area contributed by atoms with E-state index in [4.69, 9.17) is 9.47 Å². The maximum absolute atomic E-state index is 13.4. The highest BCUT2D eigenvalue weighted by Gasteiger charge is 2.42. The van der Waals surface area contributed by atoms with E-state index in [0.717, 1.165) is 16.8 Å². The van der Waals surface area contributed by atoms with Gasteiger partial charge < -0.3 is 25.0 Å². The van der Waals surface area contributed by atoms with Crippen molar-refractivity contribution in [1.82, 2.24) is 15.2 Å². The summed E-state index contributed by atoms with van der Waals surface area (Å²) < 4.78 is 11.1. The van der Waals surface area contributed by atoms with Gasteiger partial charge in [0.1, 0.15) is 0 Å². The number of hydrogen-bond donors (Lipinski definition) is 2. The van der Waals surface area contributed by atoms with Gasteiger partial charge in [-0.3, -0.25) is 9.78 Å². The third-order valence-corrected chi connectivity index (χ3v) is 6.25. The van der Waals surface area contributed by atoms with Crippen LogP contribution in [-0.2, 0) is 11.3 Å². The number of nitrogens with zero attached hydrogens (tertiary/aromatic N) is 2. The lowest BCUT2D eigenvalue weighted by atomic mass is 9.87. The number of aryl methyl sites for hydroxylation is 1. The Labute approximate surface area is 205 Å². The minimum absolute atomic E-state index is 0.142. The van der Waals surface area contributed by atoms with Crippen molar-refractivity contribution in [1.29, 1.82) is 0 Å². The average Bonchev–Trinajstić information content (AvgIpc) is 3.34. The molecule has 0 unspecified atom stereocenters. The monoisotopic (exact) mass is 474 g/mol. The van der Waals surface area contributed by atoms with E-state index in [0.29, 0.717) is 30.3 Å². The standard InChI is InChI=1S/C27H30N4O4/c1-18-10-12-19(13-11-18)30-27(33)31-16-22(21-8-6-9-24(34-2)25(21)35-3)23(17-31)26(32)29-15-20-7-4-5-14-28-20/h4-14,22-23H,15-17H2,1-3H3,(H,29,32)(H,30,33)/t22-,23-/m1/s1. The van der Waals surface area contributed by atoms with E-state index in [2.05, 4.69) is 15.6 Å². The Kier molecular flexibility index (Phi) is 7.50. The first-order valence-corrected chi connectivity index (χ1v) is 11.5. The third kappa shape index (κ3) is 5.54. The van der Waals surface area contributed by atoms with E-state index in [9.17, 15) is 9.59 Å². The molecule has 0 bridgehead atoms. The van der Waals surface area contributed by atoms with Gasteiger partial charge in [0, 0.05) is 36.5 Å². The first-order chi connectivity index (χ1) is 17.0. The lowest BCUT2D eigenvalue weighted by molar-refractivity contribution is -0.125. The van der Waals surface area contributed by atoms with Crippen LogP contribution in [0.1, 0.15) is 22.7 Å². The van der Waals surface area contributed by atoms with Gasteiger partial charge in [0.25, 0.3) is 0 Å². The number of carbonyl (C=O) groups is 2. The number of ether oxygens (including phenoxy) is 2. The molecule has 1 aromatic heterocycles. The van der Waals surface area contributed by atoms with Crippen LogP contribution in [0.25, 0.3) is 0 Å². The average molecular weight is 475 g/mol. The summed E-state index contributed by atoms with van der Waals surface area (Å²) in [6.45, 7) is 2.94. The van der Waals surface area contributed by atoms with Gasteiger partial charge >= 0.3 is 6.03 Å². The molecule has 1 saturated heterocycles. The van der Waals surface area contributed by atoms with Crippen LogP contribution in [0.5, 0.6) is 11.5 Å². The van der Waals surface area contributed by atoms with Crippen LogP contribution in [0.4, 0.5) is 10.5 Å². The maximum atomic E-state index is 13.4. The molecule has 2 aromatic carbocycles. The zero-order valence-corrected chi connectivity index (χ0v) is 20.2. The van der Waals surface area contributed by atoms with Gasteiger partial charge in [0.2, 0.25) is 5.91 Å². The molecule has 1 aliphatic heterocycles. The zero-order chi connectivity index (χ0) is 24.8. The molecule has 2 heterocycles. The van der Waals surface area contributed by atoms with Crippen molar-refractivity contribution in [3.63, 3.8) is 0 Å². The van der Waals surface area contributed by atoms with Gasteiger partial charge in [-0.05, 0) is 37.3 Å². The van der Waals surface area contributed by atoms with E-state index in [-0.39, 0.29) is 24.4 Å². The Balaban J connectivity index is 1.57. The second kappa shape index (κ2) is 10.9. The van der Waals surface area contributed by atoms with Gasteiger partial charge in [-0.1, -0.05) is 35.9 Å². The Hall–Kier alpha value is -4.07. The summed E-state index contributed by atoms with van der Waals surface area (Å²) in [6.07, 6.45) is 1.69. The molecule has 8 heteroatoms. The van der Waals surface area contributed by atoms with Gasteiger partial charge in [-0.2, -0.15) is 0 Å². The fourth-order valence-electron chi connectivity index (χ4n) is 4.41. The summed E-state index contributed by atoms with van der Waals surface area (Å²) in [4.78, 5) is 32.4. The molecule has 0 aliphatic carbocycles. The molecule has 35 heavy (non-hydrogen) atoms. The molecular formula is C27H30N4O4. The Morgan fingerprint density at radius 3 is 2.49 bits per heavy atom. The number of hydrogen-bond acceptors (Lipinski definition) is 5. The lowest BCUT2D eigenvalue weighted by Crippen LogP contribution is -2.36. The van der Waals surface area contributed by atoms with Crippen LogP contribution in [-0.4, -0.2) is 49.1 Å². The number of rotatable bonds is 7. The molecule has 0 saturated carbocycles. The number of benzene rings is 2. The van der Waals surface area contributed by atoms with Gasteiger partial charge in [0.15, 0.2) is 11.5 Å². The SMILES string of the molecule is COc1cccc([C@H]2CN(C(=O)Nc3ccc(C)cc3)C[C@H]2C(=O)NCc2ccccn2)c1OC. The van der Waals surface area contributed by atoms with Gasteiger partial charge in [-0.15, -0.1) is 0 Å². The first-order valence-electron chi connectivity index (χ1n) is 11.5. The largest absolute Gasteiger partial charge is 0.493 e. The minimum atomic E-state index is -0.469. The Bertz CT molecular complexity index is 1170. The van der Waals surface area contributed by atoms with Crippen LogP contribution < -0.4 is 20.1 Å². The molecular weight excluding hydrogens is 444 g/mol. The quantitative estimate of drug-likeness (QED) is 0.541. The Morgan fingerprint density at radius 2 is 1.80 bits per heavy atom. The van der Waals surface area contributed by atoms with E-state index < -0.39 is 5.92 Å². The van der Waals surface area contributed by atoms with Crippen LogP contribution in [0.15, 0.2) is 66.9 Å². The minimum Gasteiger partial charge on any atom is -0.493 e. The summed E-state index contributed by atoms with van der Waals surface area (Å²) in [5.41, 5.74) is 3.41. The first kappa shape index (κ1) is 24.1. The predicted molar refractivity (Wildman–Crippen MR) is 134 cm³/mol. The number of likely N-dealkylation sites (tertiary alicyclic amines) is 1. The number of pyridine rings is 1. The van der Waals surface area contributed by atoms with Crippen molar-refractivity contribution >= 4 is 17.6 Å². The fraction of sp³-hybridized carbons (Fsp3) is 0.296. The van der Waals surface area contributed by atoms with Crippen LogP contribution in [0.2, 0.25) is 0 Å². The molecule has 2 atom stereocenters. The highest BCUT2D eigenvalue weighted by atomic mass is 16.5. The molecule has 2 N–H and O–H groups in total. The van der Waals surface area contributed by atoms with Crippen molar-refractivity contribution in [2.75, 3.05) is 32.6 Å². The predicted octanol–water partition coefficient (Wildman–Crippen LogP) is 3.97. The van der Waals surface area contributed by atoms with Crippen molar-refractivity contribution < 1.29 is 19.1 Å². The van der Waals surface area contributed by atoms with E-state index in [1.807, 2.05) is 67.6 Å². The summed E-state index contributed by atoms with van der Waals surface area (Å²) in [5, 5.41) is 5.93. The highest BCUT2D eigenvalue weighted by Crippen LogP contribution is 2.42. The summed E-state index contributed by atoms with van der Waals surface area (Å²) in [6, 6.07) is 18.5. The Morgan fingerprint density at radius 1 is 1.00 bits per heavy atom. The molecule has 3 amide bonds. The number of carbonyl (C=O) groups excluding carboxylic acids is 2. The van der Waals surface area contributed by atoms with Crippen LogP contribution in [0, 0.1) is 12.8 Å². The normalized spacial score (nSPS) is 17.1. The van der Waals surface area contributed by atoms with Crippen molar-refractivity contribution in [2.45, 2.75) is 19.4 Å². The molecule has 0 radical (unpaired) electrons. The summed E-state index contributed by atoms with van der Waals surface area (Å²) in [5.74, 6) is 0.274. The molecule has 1 fully saturated rings. The smallest absolute Gasteiger partial charge is 0.321 e. The number of aromatic nitrogens is 1. The third-order valence-electron chi connectivity index (χ3n) is 6.25. The molecule has 3 aromatic rings.